The van der Waals surface area contributed by atoms with Gasteiger partial charge in [0.1, 0.15) is 23.7 Å². The van der Waals surface area contributed by atoms with E-state index >= 15 is 0 Å². The molecule has 2 fully saturated rings. The second-order valence-corrected chi connectivity index (χ2v) is 9.25. The number of carbonyl (C=O) groups is 1. The van der Waals surface area contributed by atoms with Gasteiger partial charge in [-0.1, -0.05) is 12.1 Å². The largest absolute Gasteiger partial charge is 0.497 e. The Morgan fingerprint density at radius 2 is 1.94 bits per heavy atom. The third-order valence-corrected chi connectivity index (χ3v) is 6.69. The summed E-state index contributed by atoms with van der Waals surface area (Å²) < 4.78 is 59.5. The zero-order valence-electron chi connectivity index (χ0n) is 17.6. The standard InChI is InChI=1S/C20H25NO9S/c1-5-26-19(22)15-14-17(15)28-13-10-27-20(11-6-8-12(25-4)9-7-11)29-16(13)18(14)30-31(23,24)21(2)3/h6-9,13-14,16,18,20H,5,10H2,1-4H3/t13-,14?,16-,18-,20?/m1/s1. The molecule has 2 aliphatic heterocycles. The number of ether oxygens (including phenoxy) is 5. The number of carbonyl (C=O) groups excluding carboxylic acids is 1. The van der Waals surface area contributed by atoms with Gasteiger partial charge in [0.15, 0.2) is 12.4 Å². The fourth-order valence-electron chi connectivity index (χ4n) is 3.67. The molecule has 5 atom stereocenters. The molecule has 1 aromatic carbocycles. The first-order valence-electron chi connectivity index (χ1n) is 9.86. The number of benzene rings is 1. The molecule has 0 saturated carbocycles. The smallest absolute Gasteiger partial charge is 0.338 e. The van der Waals surface area contributed by atoms with Gasteiger partial charge in [0.05, 0.1) is 31.8 Å². The normalized spacial score (nSPS) is 29.6. The lowest BCUT2D eigenvalue weighted by Gasteiger charge is -2.42. The van der Waals surface area contributed by atoms with E-state index in [1.165, 1.54) is 14.1 Å². The Morgan fingerprint density at radius 1 is 1.23 bits per heavy atom. The zero-order valence-corrected chi connectivity index (χ0v) is 18.5. The minimum Gasteiger partial charge on any atom is -0.497 e. The summed E-state index contributed by atoms with van der Waals surface area (Å²) in [6, 6.07) is 7.14. The number of rotatable bonds is 7. The minimum atomic E-state index is -4.05. The highest BCUT2D eigenvalue weighted by Gasteiger charge is 2.62. The van der Waals surface area contributed by atoms with Gasteiger partial charge >= 0.3 is 16.3 Å². The van der Waals surface area contributed by atoms with Crippen LogP contribution >= 0.6 is 0 Å². The van der Waals surface area contributed by atoms with E-state index in [2.05, 4.69) is 0 Å². The van der Waals surface area contributed by atoms with Crippen molar-refractivity contribution in [2.45, 2.75) is 31.5 Å². The van der Waals surface area contributed by atoms with Crippen LogP contribution in [0, 0.1) is 5.92 Å². The number of esters is 1. The summed E-state index contributed by atoms with van der Waals surface area (Å²) in [6.07, 6.45) is -3.15. The van der Waals surface area contributed by atoms with Gasteiger partial charge in [-0.25, -0.2) is 4.79 Å². The average Bonchev–Trinajstić information content (AvgIpc) is 3.47. The van der Waals surface area contributed by atoms with Crippen LogP contribution < -0.4 is 4.74 Å². The number of nitrogens with zero attached hydrogens (tertiary/aromatic N) is 1. The van der Waals surface area contributed by atoms with Crippen molar-refractivity contribution in [1.82, 2.24) is 4.31 Å². The van der Waals surface area contributed by atoms with E-state index < -0.39 is 46.8 Å². The Balaban J connectivity index is 1.59. The molecular formula is C20H25NO9S. The molecule has 2 heterocycles. The fraction of sp³-hybridized carbons (Fsp3) is 0.550. The van der Waals surface area contributed by atoms with Crippen LogP contribution in [0.1, 0.15) is 18.8 Å². The van der Waals surface area contributed by atoms with Crippen LogP contribution in [-0.4, -0.2) is 71.4 Å². The molecule has 1 aromatic rings. The molecule has 0 amide bonds. The van der Waals surface area contributed by atoms with Crippen LogP contribution in [0.15, 0.2) is 35.6 Å². The fourth-order valence-corrected chi connectivity index (χ4v) is 4.34. The summed E-state index contributed by atoms with van der Waals surface area (Å²) in [5.74, 6) is -0.148. The second kappa shape index (κ2) is 8.40. The molecule has 4 rings (SSSR count). The van der Waals surface area contributed by atoms with Crippen molar-refractivity contribution in [3.63, 3.8) is 0 Å². The maximum Gasteiger partial charge on any atom is 0.338 e. The van der Waals surface area contributed by atoms with Crippen LogP contribution in [0.5, 0.6) is 5.75 Å². The number of hydrogen-bond donors (Lipinski definition) is 0. The molecule has 2 unspecified atom stereocenters. The van der Waals surface area contributed by atoms with Gasteiger partial charge in [-0.3, -0.25) is 4.18 Å². The molecule has 0 bridgehead atoms. The maximum absolute atomic E-state index is 12.5. The average molecular weight is 455 g/mol. The van der Waals surface area contributed by atoms with Crippen LogP contribution in [-0.2, 0) is 38.2 Å². The van der Waals surface area contributed by atoms with Crippen molar-refractivity contribution in [1.29, 1.82) is 0 Å². The van der Waals surface area contributed by atoms with Crippen molar-refractivity contribution in [2.24, 2.45) is 5.92 Å². The molecule has 0 spiro atoms. The molecule has 31 heavy (non-hydrogen) atoms. The molecule has 0 radical (unpaired) electrons. The monoisotopic (exact) mass is 455 g/mol. The quantitative estimate of drug-likeness (QED) is 0.559. The van der Waals surface area contributed by atoms with Crippen LogP contribution in [0.3, 0.4) is 0 Å². The van der Waals surface area contributed by atoms with E-state index in [0.717, 1.165) is 9.87 Å². The van der Waals surface area contributed by atoms with Gasteiger partial charge in [0, 0.05) is 19.7 Å². The SMILES string of the molecule is CCOC(=O)C1=C2O[C@@H]3COC(c4ccc(OC)cc4)O[C@H]3[C@H](OS(=O)(=O)N(C)C)C21. The molecule has 0 aromatic heterocycles. The molecule has 0 N–H and O–H groups in total. The first-order chi connectivity index (χ1) is 14.8. The van der Waals surface area contributed by atoms with E-state index in [4.69, 9.17) is 27.9 Å². The Morgan fingerprint density at radius 3 is 2.55 bits per heavy atom. The zero-order chi connectivity index (χ0) is 22.3. The highest BCUT2D eigenvalue weighted by Crippen LogP contribution is 2.53. The van der Waals surface area contributed by atoms with Gasteiger partial charge in [-0.05, 0) is 19.1 Å². The van der Waals surface area contributed by atoms with Crippen molar-refractivity contribution in [3.05, 3.63) is 41.2 Å². The van der Waals surface area contributed by atoms with E-state index in [9.17, 15) is 13.2 Å². The van der Waals surface area contributed by atoms with Crippen LogP contribution in [0.25, 0.3) is 0 Å². The van der Waals surface area contributed by atoms with E-state index in [1.54, 1.807) is 38.3 Å². The molecule has 170 valence electrons. The summed E-state index contributed by atoms with van der Waals surface area (Å²) in [4.78, 5) is 12.3. The third-order valence-electron chi connectivity index (χ3n) is 5.33. The van der Waals surface area contributed by atoms with Gasteiger partial charge in [-0.2, -0.15) is 12.7 Å². The highest BCUT2D eigenvalue weighted by atomic mass is 32.2. The lowest BCUT2D eigenvalue weighted by atomic mass is 9.97. The Labute approximate surface area is 180 Å². The lowest BCUT2D eigenvalue weighted by Crippen LogP contribution is -2.54. The molecule has 3 aliphatic rings. The predicted molar refractivity (Wildman–Crippen MR) is 106 cm³/mol. The number of hydrogen-bond acceptors (Lipinski definition) is 9. The van der Waals surface area contributed by atoms with Crippen LogP contribution in [0.4, 0.5) is 0 Å². The first-order valence-corrected chi connectivity index (χ1v) is 11.2. The van der Waals surface area contributed by atoms with Gasteiger partial charge < -0.3 is 23.7 Å². The van der Waals surface area contributed by atoms with E-state index in [0.29, 0.717) is 11.5 Å². The number of fused-ring (bicyclic) bond motifs is 2. The minimum absolute atomic E-state index is 0.134. The summed E-state index contributed by atoms with van der Waals surface area (Å²) in [5, 5.41) is 0. The lowest BCUT2D eigenvalue weighted by molar-refractivity contribution is -0.286. The molecule has 10 nitrogen and oxygen atoms in total. The van der Waals surface area contributed by atoms with Gasteiger partial charge in [-0.15, -0.1) is 0 Å². The molecule has 11 heteroatoms. The van der Waals surface area contributed by atoms with Crippen molar-refractivity contribution >= 4 is 16.3 Å². The Kier molecular flexibility index (Phi) is 5.97. The van der Waals surface area contributed by atoms with Gasteiger partial charge in [0.2, 0.25) is 0 Å². The third kappa shape index (κ3) is 4.15. The summed E-state index contributed by atoms with van der Waals surface area (Å²) in [6.45, 7) is 2.02. The Bertz CT molecular complexity index is 973. The maximum atomic E-state index is 12.5. The number of methoxy groups -OCH3 is 1. The first kappa shape index (κ1) is 22.0. The van der Waals surface area contributed by atoms with Crippen molar-refractivity contribution in [3.8, 4) is 5.75 Å². The predicted octanol–water partition coefficient (Wildman–Crippen LogP) is 1.15. The highest BCUT2D eigenvalue weighted by molar-refractivity contribution is 7.84. The van der Waals surface area contributed by atoms with Crippen molar-refractivity contribution < 1.29 is 41.1 Å². The summed E-state index contributed by atoms with van der Waals surface area (Å²) >= 11 is 0. The summed E-state index contributed by atoms with van der Waals surface area (Å²) in [5.41, 5.74) is 1.01. The summed E-state index contributed by atoms with van der Waals surface area (Å²) in [7, 11) is 0.256. The molecule has 2 saturated heterocycles. The van der Waals surface area contributed by atoms with Gasteiger partial charge in [0.25, 0.3) is 0 Å². The van der Waals surface area contributed by atoms with Crippen LogP contribution in [0.2, 0.25) is 0 Å². The van der Waals surface area contributed by atoms with Crippen molar-refractivity contribution in [2.75, 3.05) is 34.4 Å². The van der Waals surface area contributed by atoms with E-state index in [1.807, 2.05) is 0 Å². The Hall–Kier alpha value is -2.18. The molecule has 1 aliphatic carbocycles. The molecular weight excluding hydrogens is 430 g/mol. The second-order valence-electron chi connectivity index (χ2n) is 7.47. The topological polar surface area (TPSA) is 110 Å². The van der Waals surface area contributed by atoms with E-state index in [-0.39, 0.29) is 18.8 Å².